The molecule has 96 valence electrons. The molecule has 1 aromatic heterocycles. The van der Waals surface area contributed by atoms with Crippen molar-refractivity contribution in [2.75, 3.05) is 0 Å². The maximum absolute atomic E-state index is 4.38. The van der Waals surface area contributed by atoms with Crippen LogP contribution in [0.2, 0.25) is 0 Å². The Bertz CT molecular complexity index is 521. The molecule has 0 spiro atoms. The summed E-state index contributed by atoms with van der Waals surface area (Å²) in [5.41, 5.74) is 2.44. The van der Waals surface area contributed by atoms with E-state index in [4.69, 9.17) is 0 Å². The second-order valence-corrected chi connectivity index (χ2v) is 6.66. The van der Waals surface area contributed by atoms with Crippen LogP contribution in [0.5, 0.6) is 0 Å². The first-order valence-electron chi connectivity index (χ1n) is 5.89. The number of aromatic nitrogens is 1. The first kappa shape index (κ1) is 13.7. The minimum Gasteiger partial charge on any atom is -0.302 e. The highest BCUT2D eigenvalue weighted by Crippen LogP contribution is 2.24. The lowest BCUT2D eigenvalue weighted by atomic mass is 10.1. The van der Waals surface area contributed by atoms with Crippen molar-refractivity contribution in [3.63, 3.8) is 0 Å². The van der Waals surface area contributed by atoms with Gasteiger partial charge in [0.2, 0.25) is 0 Å². The molecule has 0 saturated heterocycles. The Hall–Kier alpha value is -0.710. The molecule has 0 saturated carbocycles. The Morgan fingerprint density at radius 1 is 1.39 bits per heavy atom. The molecule has 0 radical (unpaired) electrons. The summed E-state index contributed by atoms with van der Waals surface area (Å²) in [6.07, 6.45) is 1.85. The number of thiazole rings is 1. The van der Waals surface area contributed by atoms with Crippen molar-refractivity contribution >= 4 is 27.3 Å². The average molecular weight is 325 g/mol. The van der Waals surface area contributed by atoms with E-state index in [-0.39, 0.29) is 5.54 Å². The quantitative estimate of drug-likeness (QED) is 0.909. The normalized spacial score (nSPS) is 11.8. The average Bonchev–Trinajstić information content (AvgIpc) is 2.82. The summed E-state index contributed by atoms with van der Waals surface area (Å²) in [7, 11) is 0. The highest BCUT2D eigenvalue weighted by atomic mass is 79.9. The van der Waals surface area contributed by atoms with Crippen LogP contribution in [-0.4, -0.2) is 4.98 Å². The van der Waals surface area contributed by atoms with Gasteiger partial charge in [-0.15, -0.1) is 11.3 Å². The van der Waals surface area contributed by atoms with Crippen LogP contribution in [0, 0.1) is 6.92 Å². The Labute approximate surface area is 121 Å². The van der Waals surface area contributed by atoms with Crippen molar-refractivity contribution < 1.29 is 0 Å². The van der Waals surface area contributed by atoms with Crippen LogP contribution in [0.4, 0.5) is 0 Å². The van der Waals surface area contributed by atoms with Gasteiger partial charge in [-0.25, -0.2) is 4.98 Å². The molecule has 0 bridgehead atoms. The summed E-state index contributed by atoms with van der Waals surface area (Å²) >= 11 is 5.30. The first-order valence-corrected chi connectivity index (χ1v) is 7.56. The van der Waals surface area contributed by atoms with Crippen LogP contribution in [0.15, 0.2) is 34.2 Å². The standard InChI is InChI=1S/C14H17BrN2S/c1-10-4-5-11(12(15)8-10)9-17-14(2,3)13-16-6-7-18-13/h4-8,17H,9H2,1-3H3. The molecule has 18 heavy (non-hydrogen) atoms. The van der Waals surface area contributed by atoms with Crippen molar-refractivity contribution in [2.45, 2.75) is 32.9 Å². The van der Waals surface area contributed by atoms with Gasteiger partial charge in [0.05, 0.1) is 5.54 Å². The van der Waals surface area contributed by atoms with Crippen molar-refractivity contribution in [3.05, 3.63) is 50.4 Å². The first-order chi connectivity index (χ1) is 8.49. The van der Waals surface area contributed by atoms with Crippen LogP contribution in [-0.2, 0) is 12.1 Å². The molecule has 1 N–H and O–H groups in total. The number of rotatable bonds is 4. The van der Waals surface area contributed by atoms with Crippen LogP contribution in [0.3, 0.4) is 0 Å². The molecule has 4 heteroatoms. The molecule has 0 unspecified atom stereocenters. The van der Waals surface area contributed by atoms with Gasteiger partial charge in [0.1, 0.15) is 5.01 Å². The Kier molecular flexibility index (Phi) is 4.20. The van der Waals surface area contributed by atoms with E-state index in [2.05, 4.69) is 65.2 Å². The van der Waals surface area contributed by atoms with Gasteiger partial charge in [-0.05, 0) is 38.0 Å². The molecule has 0 aliphatic rings. The molecule has 0 atom stereocenters. The summed E-state index contributed by atoms with van der Waals surface area (Å²) in [5, 5.41) is 6.69. The monoisotopic (exact) mass is 324 g/mol. The van der Waals surface area contributed by atoms with E-state index < -0.39 is 0 Å². The number of aryl methyl sites for hydroxylation is 1. The van der Waals surface area contributed by atoms with Crippen molar-refractivity contribution in [2.24, 2.45) is 0 Å². The van der Waals surface area contributed by atoms with Crippen molar-refractivity contribution in [1.82, 2.24) is 10.3 Å². The molecular formula is C14H17BrN2S. The fourth-order valence-electron chi connectivity index (χ4n) is 1.72. The molecule has 1 aromatic carbocycles. The van der Waals surface area contributed by atoms with Crippen molar-refractivity contribution in [3.8, 4) is 0 Å². The summed E-state index contributed by atoms with van der Waals surface area (Å²) in [4.78, 5) is 4.38. The topological polar surface area (TPSA) is 24.9 Å². The minimum atomic E-state index is -0.0987. The zero-order chi connectivity index (χ0) is 13.2. The van der Waals surface area contributed by atoms with E-state index in [1.807, 2.05) is 11.6 Å². The second-order valence-electron chi connectivity index (χ2n) is 4.91. The van der Waals surface area contributed by atoms with Gasteiger partial charge in [-0.1, -0.05) is 28.1 Å². The number of halogens is 1. The molecule has 2 rings (SSSR count). The van der Waals surface area contributed by atoms with E-state index in [1.165, 1.54) is 11.1 Å². The lowest BCUT2D eigenvalue weighted by molar-refractivity contribution is 0.399. The van der Waals surface area contributed by atoms with Crippen LogP contribution in [0.1, 0.15) is 30.0 Å². The summed E-state index contributed by atoms with van der Waals surface area (Å²) in [5.74, 6) is 0. The Balaban J connectivity index is 2.07. The predicted octanol–water partition coefficient (Wildman–Crippen LogP) is 4.24. The lowest BCUT2D eigenvalue weighted by Crippen LogP contribution is -2.35. The van der Waals surface area contributed by atoms with Gasteiger partial charge in [-0.2, -0.15) is 0 Å². The molecule has 2 aromatic rings. The van der Waals surface area contributed by atoms with Gasteiger partial charge in [0.25, 0.3) is 0 Å². The Morgan fingerprint density at radius 2 is 2.17 bits per heavy atom. The zero-order valence-corrected chi connectivity index (χ0v) is 13.2. The number of benzene rings is 1. The maximum atomic E-state index is 4.38. The molecule has 2 nitrogen and oxygen atoms in total. The number of hydrogen-bond donors (Lipinski definition) is 1. The summed E-state index contributed by atoms with van der Waals surface area (Å²) in [6.45, 7) is 7.25. The predicted molar refractivity (Wildman–Crippen MR) is 80.9 cm³/mol. The summed E-state index contributed by atoms with van der Waals surface area (Å²) in [6, 6.07) is 6.44. The van der Waals surface area contributed by atoms with E-state index in [0.717, 1.165) is 16.0 Å². The van der Waals surface area contributed by atoms with Crippen LogP contribution in [0.25, 0.3) is 0 Å². The van der Waals surface area contributed by atoms with E-state index in [9.17, 15) is 0 Å². The lowest BCUT2D eigenvalue weighted by Gasteiger charge is -2.24. The van der Waals surface area contributed by atoms with Gasteiger partial charge < -0.3 is 5.32 Å². The van der Waals surface area contributed by atoms with Gasteiger partial charge in [-0.3, -0.25) is 0 Å². The van der Waals surface area contributed by atoms with E-state index in [0.29, 0.717) is 0 Å². The van der Waals surface area contributed by atoms with Crippen molar-refractivity contribution in [1.29, 1.82) is 0 Å². The largest absolute Gasteiger partial charge is 0.302 e. The number of nitrogens with zero attached hydrogens (tertiary/aromatic N) is 1. The third-order valence-corrected chi connectivity index (χ3v) is 4.73. The Morgan fingerprint density at radius 3 is 2.78 bits per heavy atom. The van der Waals surface area contributed by atoms with E-state index >= 15 is 0 Å². The van der Waals surface area contributed by atoms with Gasteiger partial charge in [0.15, 0.2) is 0 Å². The van der Waals surface area contributed by atoms with Gasteiger partial charge >= 0.3 is 0 Å². The highest BCUT2D eigenvalue weighted by Gasteiger charge is 2.22. The van der Waals surface area contributed by atoms with Crippen LogP contribution >= 0.6 is 27.3 Å². The number of hydrogen-bond acceptors (Lipinski definition) is 3. The third kappa shape index (κ3) is 3.19. The highest BCUT2D eigenvalue weighted by molar-refractivity contribution is 9.10. The fourth-order valence-corrected chi connectivity index (χ4v) is 3.09. The maximum Gasteiger partial charge on any atom is 0.112 e. The van der Waals surface area contributed by atoms with Gasteiger partial charge in [0, 0.05) is 22.6 Å². The molecule has 1 heterocycles. The molecule has 0 fully saturated rings. The number of nitrogens with one attached hydrogen (secondary N) is 1. The SMILES string of the molecule is Cc1ccc(CNC(C)(C)c2nccs2)c(Br)c1. The van der Waals surface area contributed by atoms with Crippen LogP contribution < -0.4 is 5.32 Å². The smallest absolute Gasteiger partial charge is 0.112 e. The fraction of sp³-hybridized carbons (Fsp3) is 0.357. The zero-order valence-electron chi connectivity index (χ0n) is 10.8. The van der Waals surface area contributed by atoms with E-state index in [1.54, 1.807) is 11.3 Å². The molecule has 0 amide bonds. The molecule has 0 aliphatic carbocycles. The molecule has 0 aliphatic heterocycles. The minimum absolute atomic E-state index is 0.0987. The molecular weight excluding hydrogens is 308 g/mol. The third-order valence-electron chi connectivity index (χ3n) is 2.90. The summed E-state index contributed by atoms with van der Waals surface area (Å²) < 4.78 is 1.16. The second kappa shape index (κ2) is 5.51.